The highest BCUT2D eigenvalue weighted by molar-refractivity contribution is 5.87. The Morgan fingerprint density at radius 3 is 2.64 bits per heavy atom. The van der Waals surface area contributed by atoms with Crippen LogP contribution in [-0.2, 0) is 16.0 Å². The molecule has 1 aromatic heterocycles. The Bertz CT molecular complexity index is 994. The fraction of sp³-hybridized carbons (Fsp3) is 0.286. The number of hydrazine groups is 1. The SMILES string of the molecule is Cc1ccc(C(C)C)c(OCC(=O)NNC(=O)Cc2noc3ccccc23)c1. The molecule has 3 rings (SSSR count). The summed E-state index contributed by atoms with van der Waals surface area (Å²) in [5.74, 6) is 0.0987. The lowest BCUT2D eigenvalue weighted by Crippen LogP contribution is -2.44. The molecule has 0 unspecified atom stereocenters. The number of hydrogen-bond donors (Lipinski definition) is 2. The van der Waals surface area contributed by atoms with Crippen molar-refractivity contribution in [3.8, 4) is 5.75 Å². The zero-order valence-corrected chi connectivity index (χ0v) is 16.1. The Balaban J connectivity index is 1.51. The lowest BCUT2D eigenvalue weighted by atomic mass is 10.0. The second-order valence-electron chi connectivity index (χ2n) is 6.88. The van der Waals surface area contributed by atoms with Gasteiger partial charge in [-0.2, -0.15) is 0 Å². The largest absolute Gasteiger partial charge is 0.483 e. The number of nitrogens with zero attached hydrogens (tertiary/aromatic N) is 1. The number of rotatable bonds is 6. The maximum atomic E-state index is 12.1. The van der Waals surface area contributed by atoms with Gasteiger partial charge in [-0.3, -0.25) is 20.4 Å². The molecule has 0 saturated carbocycles. The summed E-state index contributed by atoms with van der Waals surface area (Å²) < 4.78 is 10.8. The molecule has 28 heavy (non-hydrogen) atoms. The fourth-order valence-corrected chi connectivity index (χ4v) is 2.82. The van der Waals surface area contributed by atoms with Crippen molar-refractivity contribution < 1.29 is 18.8 Å². The predicted molar refractivity (Wildman–Crippen MR) is 105 cm³/mol. The average molecular weight is 381 g/mol. The van der Waals surface area contributed by atoms with Crippen molar-refractivity contribution in [3.05, 3.63) is 59.3 Å². The minimum atomic E-state index is -0.449. The van der Waals surface area contributed by atoms with Gasteiger partial charge in [0.15, 0.2) is 12.2 Å². The average Bonchev–Trinajstić information content (AvgIpc) is 3.07. The summed E-state index contributed by atoms with van der Waals surface area (Å²) >= 11 is 0. The van der Waals surface area contributed by atoms with Crippen LogP contribution in [0.1, 0.15) is 36.6 Å². The predicted octanol–water partition coefficient (Wildman–Crippen LogP) is 3.03. The third kappa shape index (κ3) is 4.68. The molecular formula is C21H23N3O4. The van der Waals surface area contributed by atoms with Crippen molar-refractivity contribution in [3.63, 3.8) is 0 Å². The Hall–Kier alpha value is -3.35. The van der Waals surface area contributed by atoms with Gasteiger partial charge in [0.05, 0.1) is 6.42 Å². The number of carbonyl (C=O) groups excluding carboxylic acids is 2. The number of ether oxygens (including phenoxy) is 1. The standard InChI is InChI=1S/C21H23N3O4/c1-13(2)15-9-8-14(3)10-19(15)27-12-21(26)23-22-20(25)11-17-16-6-4-5-7-18(16)28-24-17/h4-10,13H,11-12H2,1-3H3,(H,22,25)(H,23,26). The Labute approximate surface area is 163 Å². The van der Waals surface area contributed by atoms with Gasteiger partial charge in [0.1, 0.15) is 11.4 Å². The zero-order valence-electron chi connectivity index (χ0n) is 16.1. The Morgan fingerprint density at radius 2 is 1.86 bits per heavy atom. The molecule has 2 amide bonds. The van der Waals surface area contributed by atoms with E-state index in [0.717, 1.165) is 16.5 Å². The van der Waals surface area contributed by atoms with E-state index >= 15 is 0 Å². The Morgan fingerprint density at radius 1 is 1.11 bits per heavy atom. The monoisotopic (exact) mass is 381 g/mol. The Kier molecular flexibility index (Phi) is 5.93. The van der Waals surface area contributed by atoms with Gasteiger partial charge in [-0.05, 0) is 42.2 Å². The first-order valence-corrected chi connectivity index (χ1v) is 9.08. The van der Waals surface area contributed by atoms with Gasteiger partial charge in [-0.25, -0.2) is 0 Å². The van der Waals surface area contributed by atoms with Crippen LogP contribution in [0.2, 0.25) is 0 Å². The second-order valence-corrected chi connectivity index (χ2v) is 6.88. The molecule has 2 N–H and O–H groups in total. The van der Waals surface area contributed by atoms with Crippen molar-refractivity contribution in [2.45, 2.75) is 33.1 Å². The quantitative estimate of drug-likeness (QED) is 0.640. The molecule has 0 aliphatic rings. The minimum Gasteiger partial charge on any atom is -0.483 e. The molecule has 0 fully saturated rings. The molecule has 7 heteroatoms. The van der Waals surface area contributed by atoms with Gasteiger partial charge in [0.25, 0.3) is 5.91 Å². The summed E-state index contributed by atoms with van der Waals surface area (Å²) in [6.07, 6.45) is -0.00642. The van der Waals surface area contributed by atoms with Crippen LogP contribution in [0, 0.1) is 6.92 Å². The van der Waals surface area contributed by atoms with E-state index in [1.54, 1.807) is 6.07 Å². The molecule has 2 aromatic carbocycles. The normalized spacial score (nSPS) is 10.9. The number of amides is 2. The number of fused-ring (bicyclic) bond motifs is 1. The van der Waals surface area contributed by atoms with Crippen LogP contribution in [0.3, 0.4) is 0 Å². The highest BCUT2D eigenvalue weighted by atomic mass is 16.5. The topological polar surface area (TPSA) is 93.5 Å². The first kappa shape index (κ1) is 19.4. The molecule has 1 heterocycles. The fourth-order valence-electron chi connectivity index (χ4n) is 2.82. The van der Waals surface area contributed by atoms with E-state index < -0.39 is 11.8 Å². The molecule has 0 aliphatic carbocycles. The number of carbonyl (C=O) groups is 2. The van der Waals surface area contributed by atoms with Crippen LogP contribution in [0.4, 0.5) is 0 Å². The van der Waals surface area contributed by atoms with E-state index in [1.165, 1.54) is 0 Å². The summed E-state index contributed by atoms with van der Waals surface area (Å²) in [5.41, 5.74) is 7.93. The van der Waals surface area contributed by atoms with Crippen molar-refractivity contribution in [2.24, 2.45) is 0 Å². The summed E-state index contributed by atoms with van der Waals surface area (Å²) in [6.45, 7) is 5.89. The first-order valence-electron chi connectivity index (χ1n) is 9.08. The highest BCUT2D eigenvalue weighted by Gasteiger charge is 2.14. The van der Waals surface area contributed by atoms with Crippen molar-refractivity contribution in [2.75, 3.05) is 6.61 Å². The number of aromatic nitrogens is 1. The molecule has 3 aromatic rings. The third-order valence-electron chi connectivity index (χ3n) is 4.27. The van der Waals surface area contributed by atoms with E-state index in [-0.39, 0.29) is 18.9 Å². The second kappa shape index (κ2) is 8.56. The van der Waals surface area contributed by atoms with E-state index in [2.05, 4.69) is 29.9 Å². The number of nitrogens with one attached hydrogen (secondary N) is 2. The van der Waals surface area contributed by atoms with Crippen LogP contribution in [-0.4, -0.2) is 23.6 Å². The van der Waals surface area contributed by atoms with E-state index in [9.17, 15) is 9.59 Å². The van der Waals surface area contributed by atoms with Gasteiger partial charge >= 0.3 is 0 Å². The summed E-state index contributed by atoms with van der Waals surface area (Å²) in [6, 6.07) is 13.2. The molecular weight excluding hydrogens is 358 g/mol. The summed E-state index contributed by atoms with van der Waals surface area (Å²) in [7, 11) is 0. The van der Waals surface area contributed by atoms with Crippen LogP contribution < -0.4 is 15.6 Å². The zero-order chi connectivity index (χ0) is 20.1. The van der Waals surface area contributed by atoms with Crippen molar-refractivity contribution in [1.29, 1.82) is 0 Å². The molecule has 146 valence electrons. The van der Waals surface area contributed by atoms with Gasteiger partial charge < -0.3 is 9.26 Å². The molecule has 0 radical (unpaired) electrons. The van der Waals surface area contributed by atoms with Crippen molar-refractivity contribution in [1.82, 2.24) is 16.0 Å². The summed E-state index contributed by atoms with van der Waals surface area (Å²) in [4.78, 5) is 24.1. The maximum Gasteiger partial charge on any atom is 0.276 e. The van der Waals surface area contributed by atoms with Crippen LogP contribution in [0.15, 0.2) is 47.0 Å². The molecule has 0 aliphatic heterocycles. The molecule has 0 bridgehead atoms. The van der Waals surface area contributed by atoms with E-state index in [4.69, 9.17) is 9.26 Å². The van der Waals surface area contributed by atoms with E-state index in [1.807, 2.05) is 43.3 Å². The highest BCUT2D eigenvalue weighted by Crippen LogP contribution is 2.27. The first-order chi connectivity index (χ1) is 13.4. The number of para-hydroxylation sites is 1. The van der Waals surface area contributed by atoms with Gasteiger partial charge in [-0.15, -0.1) is 0 Å². The number of aryl methyl sites for hydroxylation is 1. The number of hydrogen-bond acceptors (Lipinski definition) is 5. The third-order valence-corrected chi connectivity index (χ3v) is 4.27. The van der Waals surface area contributed by atoms with Gasteiger partial charge in [0.2, 0.25) is 5.91 Å². The minimum absolute atomic E-state index is 0.00642. The maximum absolute atomic E-state index is 12.1. The lowest BCUT2D eigenvalue weighted by molar-refractivity contribution is -0.129. The van der Waals surface area contributed by atoms with Gasteiger partial charge in [0, 0.05) is 5.39 Å². The van der Waals surface area contributed by atoms with Crippen LogP contribution in [0.5, 0.6) is 5.75 Å². The van der Waals surface area contributed by atoms with Crippen LogP contribution in [0.25, 0.3) is 11.0 Å². The molecule has 0 saturated heterocycles. The van der Waals surface area contributed by atoms with E-state index in [0.29, 0.717) is 17.0 Å². The number of benzene rings is 2. The lowest BCUT2D eigenvalue weighted by Gasteiger charge is -2.15. The summed E-state index contributed by atoms with van der Waals surface area (Å²) in [5, 5.41) is 4.67. The van der Waals surface area contributed by atoms with Gasteiger partial charge in [-0.1, -0.05) is 43.3 Å². The molecule has 7 nitrogen and oxygen atoms in total. The molecule has 0 spiro atoms. The smallest absolute Gasteiger partial charge is 0.276 e. The van der Waals surface area contributed by atoms with Crippen LogP contribution >= 0.6 is 0 Å². The molecule has 0 atom stereocenters. The van der Waals surface area contributed by atoms with Crippen molar-refractivity contribution >= 4 is 22.8 Å².